The van der Waals surface area contributed by atoms with Crippen LogP contribution < -0.4 is 10.1 Å². The van der Waals surface area contributed by atoms with Gasteiger partial charge in [-0.25, -0.2) is 0 Å². The number of esters is 1. The Balaban J connectivity index is 1.86. The first-order valence-corrected chi connectivity index (χ1v) is 8.07. The number of carbonyl (C=O) groups is 2. The van der Waals surface area contributed by atoms with Crippen molar-refractivity contribution in [1.29, 1.82) is 0 Å². The smallest absolute Gasteiger partial charge is 0.313 e. The first-order chi connectivity index (χ1) is 10.8. The third kappa shape index (κ3) is 4.86. The van der Waals surface area contributed by atoms with Crippen molar-refractivity contribution in [1.82, 2.24) is 5.32 Å². The minimum Gasteiger partial charge on any atom is -0.492 e. The number of benzene rings is 1. The van der Waals surface area contributed by atoms with E-state index in [2.05, 4.69) is 5.32 Å². The van der Waals surface area contributed by atoms with Crippen LogP contribution in [0.2, 0.25) is 5.02 Å². The lowest BCUT2D eigenvalue weighted by atomic mass is 9.97. The van der Waals surface area contributed by atoms with Crippen molar-refractivity contribution in [2.24, 2.45) is 5.92 Å². The van der Waals surface area contributed by atoms with E-state index in [1.54, 1.807) is 18.2 Å². The fourth-order valence-electron chi connectivity index (χ4n) is 2.27. The molecule has 1 aromatic carbocycles. The lowest BCUT2D eigenvalue weighted by molar-refractivity contribution is -0.154. The van der Waals surface area contributed by atoms with E-state index in [1.165, 1.54) is 0 Å². The normalized spacial score (nSPS) is 17.0. The van der Waals surface area contributed by atoms with Gasteiger partial charge >= 0.3 is 5.97 Å². The second-order valence-electron chi connectivity index (χ2n) is 6.36. The van der Waals surface area contributed by atoms with Gasteiger partial charge in [-0.3, -0.25) is 9.59 Å². The molecular weight excluding hydrogens is 318 g/mol. The molecule has 1 atom stereocenters. The Morgan fingerprint density at radius 3 is 2.87 bits per heavy atom. The number of amides is 1. The molecule has 0 aliphatic carbocycles. The standard InChI is InChI=1S/C17H22ClNO4/c1-4-17(2,3)19-15(20)10-23-16(21)12-7-11-8-13(18)5-6-14(11)22-9-12/h5-6,8,12H,4,7,9-10H2,1-3H3,(H,19,20)/t12-/m0/s1. The zero-order chi connectivity index (χ0) is 17.0. The lowest BCUT2D eigenvalue weighted by Crippen LogP contribution is -2.45. The topological polar surface area (TPSA) is 64.6 Å². The van der Waals surface area contributed by atoms with Gasteiger partial charge in [-0.05, 0) is 50.5 Å². The van der Waals surface area contributed by atoms with Crippen molar-refractivity contribution >= 4 is 23.5 Å². The van der Waals surface area contributed by atoms with E-state index in [1.807, 2.05) is 20.8 Å². The third-order valence-corrected chi connectivity index (χ3v) is 4.20. The molecule has 1 aliphatic heterocycles. The molecule has 0 saturated carbocycles. The van der Waals surface area contributed by atoms with Crippen molar-refractivity contribution in [3.05, 3.63) is 28.8 Å². The Morgan fingerprint density at radius 2 is 2.17 bits per heavy atom. The highest BCUT2D eigenvalue weighted by Gasteiger charge is 2.28. The van der Waals surface area contributed by atoms with Crippen LogP contribution >= 0.6 is 11.6 Å². The highest BCUT2D eigenvalue weighted by atomic mass is 35.5. The largest absolute Gasteiger partial charge is 0.492 e. The van der Waals surface area contributed by atoms with Gasteiger partial charge < -0.3 is 14.8 Å². The zero-order valence-electron chi connectivity index (χ0n) is 13.6. The van der Waals surface area contributed by atoms with E-state index in [4.69, 9.17) is 21.1 Å². The summed E-state index contributed by atoms with van der Waals surface area (Å²) in [5, 5.41) is 3.42. The van der Waals surface area contributed by atoms with Crippen LogP contribution in [-0.2, 0) is 20.7 Å². The summed E-state index contributed by atoms with van der Waals surface area (Å²) in [7, 11) is 0. The molecular formula is C17H22ClNO4. The van der Waals surface area contributed by atoms with Crippen molar-refractivity contribution in [2.75, 3.05) is 13.2 Å². The Hall–Kier alpha value is -1.75. The second-order valence-corrected chi connectivity index (χ2v) is 6.79. The molecule has 1 aromatic rings. The number of hydrogen-bond acceptors (Lipinski definition) is 4. The SMILES string of the molecule is CCC(C)(C)NC(=O)COC(=O)[C@@H]1COc2ccc(Cl)cc2C1. The molecule has 0 unspecified atom stereocenters. The van der Waals surface area contributed by atoms with Gasteiger partial charge in [0.2, 0.25) is 0 Å². The highest BCUT2D eigenvalue weighted by Crippen LogP contribution is 2.30. The molecule has 5 nitrogen and oxygen atoms in total. The molecule has 0 fully saturated rings. The summed E-state index contributed by atoms with van der Waals surface area (Å²) in [5.74, 6) is -0.417. The molecule has 23 heavy (non-hydrogen) atoms. The van der Waals surface area contributed by atoms with Crippen molar-refractivity contribution in [3.8, 4) is 5.75 Å². The monoisotopic (exact) mass is 339 g/mol. The maximum Gasteiger partial charge on any atom is 0.313 e. The summed E-state index contributed by atoms with van der Waals surface area (Å²) in [6, 6.07) is 5.32. The summed E-state index contributed by atoms with van der Waals surface area (Å²) in [6.45, 7) is 5.79. The molecule has 1 N–H and O–H groups in total. The van der Waals surface area contributed by atoms with E-state index < -0.39 is 11.9 Å². The van der Waals surface area contributed by atoms with Crippen LogP contribution in [0.4, 0.5) is 0 Å². The van der Waals surface area contributed by atoms with E-state index in [0.717, 1.165) is 17.7 Å². The zero-order valence-corrected chi connectivity index (χ0v) is 14.4. The molecule has 6 heteroatoms. The Morgan fingerprint density at radius 1 is 1.43 bits per heavy atom. The number of carbonyl (C=O) groups excluding carboxylic acids is 2. The minimum atomic E-state index is -0.430. The molecule has 0 bridgehead atoms. The Labute approximate surface area is 141 Å². The van der Waals surface area contributed by atoms with Crippen LogP contribution in [0.3, 0.4) is 0 Å². The fraction of sp³-hybridized carbons (Fsp3) is 0.529. The van der Waals surface area contributed by atoms with Crippen LogP contribution in [0.15, 0.2) is 18.2 Å². The Bertz CT molecular complexity index is 600. The number of fused-ring (bicyclic) bond motifs is 1. The van der Waals surface area contributed by atoms with Crippen LogP contribution in [-0.4, -0.2) is 30.6 Å². The number of halogens is 1. The summed E-state index contributed by atoms with van der Waals surface area (Å²) in [5.41, 5.74) is 0.565. The number of rotatable bonds is 5. The van der Waals surface area contributed by atoms with Crippen LogP contribution in [0.1, 0.15) is 32.8 Å². The lowest BCUT2D eigenvalue weighted by Gasteiger charge is -2.26. The van der Waals surface area contributed by atoms with Gasteiger partial charge in [-0.15, -0.1) is 0 Å². The molecule has 0 saturated heterocycles. The molecule has 0 spiro atoms. The van der Waals surface area contributed by atoms with E-state index in [-0.39, 0.29) is 24.7 Å². The van der Waals surface area contributed by atoms with Gasteiger partial charge in [-0.2, -0.15) is 0 Å². The molecule has 126 valence electrons. The van der Waals surface area contributed by atoms with Gasteiger partial charge in [0.15, 0.2) is 6.61 Å². The Kier molecular flexibility index (Phi) is 5.52. The predicted octanol–water partition coefficient (Wildman–Crippen LogP) is 2.74. The van der Waals surface area contributed by atoms with E-state index in [0.29, 0.717) is 11.4 Å². The highest BCUT2D eigenvalue weighted by molar-refractivity contribution is 6.30. The first kappa shape index (κ1) is 17.6. The molecule has 1 heterocycles. The molecule has 1 amide bonds. The first-order valence-electron chi connectivity index (χ1n) is 7.69. The van der Waals surface area contributed by atoms with Crippen LogP contribution in [0.5, 0.6) is 5.75 Å². The summed E-state index contributed by atoms with van der Waals surface area (Å²) in [6.07, 6.45) is 1.29. The molecule has 1 aliphatic rings. The van der Waals surface area contributed by atoms with Crippen molar-refractivity contribution < 1.29 is 19.1 Å². The van der Waals surface area contributed by atoms with Gasteiger partial charge in [-0.1, -0.05) is 18.5 Å². The minimum absolute atomic E-state index is 0.246. The summed E-state index contributed by atoms with van der Waals surface area (Å²) < 4.78 is 10.7. The predicted molar refractivity (Wildman–Crippen MR) is 87.6 cm³/mol. The maximum absolute atomic E-state index is 12.1. The molecule has 2 rings (SSSR count). The van der Waals surface area contributed by atoms with Crippen LogP contribution in [0.25, 0.3) is 0 Å². The van der Waals surface area contributed by atoms with Crippen LogP contribution in [0, 0.1) is 5.92 Å². The number of nitrogens with one attached hydrogen (secondary N) is 1. The third-order valence-electron chi connectivity index (χ3n) is 3.97. The summed E-state index contributed by atoms with van der Waals surface area (Å²) >= 11 is 5.96. The van der Waals surface area contributed by atoms with E-state index in [9.17, 15) is 9.59 Å². The van der Waals surface area contributed by atoms with Gasteiger partial charge in [0, 0.05) is 10.6 Å². The fourth-order valence-corrected chi connectivity index (χ4v) is 2.47. The molecule has 0 radical (unpaired) electrons. The average Bonchev–Trinajstić information content (AvgIpc) is 2.51. The number of hydrogen-bond donors (Lipinski definition) is 1. The van der Waals surface area contributed by atoms with Crippen molar-refractivity contribution in [3.63, 3.8) is 0 Å². The quantitative estimate of drug-likeness (QED) is 0.838. The maximum atomic E-state index is 12.1. The molecule has 0 aromatic heterocycles. The van der Waals surface area contributed by atoms with Gasteiger partial charge in [0.25, 0.3) is 5.91 Å². The van der Waals surface area contributed by atoms with Gasteiger partial charge in [0.1, 0.15) is 12.4 Å². The van der Waals surface area contributed by atoms with Crippen molar-refractivity contribution in [2.45, 2.75) is 39.2 Å². The van der Waals surface area contributed by atoms with Gasteiger partial charge in [0.05, 0.1) is 5.92 Å². The summed E-state index contributed by atoms with van der Waals surface area (Å²) in [4.78, 5) is 23.9. The average molecular weight is 340 g/mol. The second kappa shape index (κ2) is 7.21. The number of ether oxygens (including phenoxy) is 2. The van der Waals surface area contributed by atoms with E-state index >= 15 is 0 Å².